The first kappa shape index (κ1) is 16.1. The van der Waals surface area contributed by atoms with Gasteiger partial charge in [-0.15, -0.1) is 0 Å². The molecule has 8 heteroatoms. The van der Waals surface area contributed by atoms with Crippen LogP contribution in [0, 0.1) is 3.57 Å². The van der Waals surface area contributed by atoms with Crippen molar-refractivity contribution in [3.8, 4) is 0 Å². The Morgan fingerprint density at radius 1 is 1.44 bits per heavy atom. The van der Waals surface area contributed by atoms with Crippen molar-refractivity contribution in [1.82, 2.24) is 5.32 Å². The number of hydrogen-bond acceptors (Lipinski definition) is 2. The van der Waals surface area contributed by atoms with Gasteiger partial charge in [-0.25, -0.2) is 0 Å². The molecule has 2 nitrogen and oxygen atoms in total. The van der Waals surface area contributed by atoms with Gasteiger partial charge in [0.1, 0.15) is 0 Å². The van der Waals surface area contributed by atoms with E-state index in [1.54, 1.807) is 12.1 Å². The second kappa shape index (κ2) is 6.99. The molecule has 0 heterocycles. The minimum atomic E-state index is -4.26. The zero-order valence-electron chi connectivity index (χ0n) is 8.85. The lowest BCUT2D eigenvalue weighted by atomic mass is 10.2. The number of carbonyl (C=O) groups excluding carboxylic acids is 1. The van der Waals surface area contributed by atoms with Crippen LogP contribution in [0.25, 0.3) is 0 Å². The van der Waals surface area contributed by atoms with Crippen LogP contribution in [0.1, 0.15) is 10.4 Å². The predicted octanol–water partition coefficient (Wildman–Crippen LogP) is 4.04. The van der Waals surface area contributed by atoms with Crippen LogP contribution in [0.2, 0.25) is 0 Å². The summed E-state index contributed by atoms with van der Waals surface area (Å²) in [5.41, 5.74) is -3.84. The van der Waals surface area contributed by atoms with Crippen LogP contribution in [0.4, 0.5) is 13.2 Å². The molecular weight excluding hydrogens is 446 g/mol. The fourth-order valence-corrected chi connectivity index (χ4v) is 2.45. The van der Waals surface area contributed by atoms with E-state index in [9.17, 15) is 18.0 Å². The highest BCUT2D eigenvalue weighted by atomic mass is 127. The maximum atomic E-state index is 11.9. The predicted molar refractivity (Wildman–Crippen MR) is 77.7 cm³/mol. The summed E-state index contributed by atoms with van der Waals surface area (Å²) in [5, 5.41) is 2.45. The molecule has 0 bridgehead atoms. The fraction of sp³-hybridized carbons (Fsp3) is 0.300. The van der Waals surface area contributed by atoms with Gasteiger partial charge in [0.25, 0.3) is 5.91 Å². The van der Waals surface area contributed by atoms with Crippen molar-refractivity contribution < 1.29 is 18.0 Å². The van der Waals surface area contributed by atoms with Gasteiger partial charge in [-0.05, 0) is 68.5 Å². The average molecular weight is 454 g/mol. The molecule has 0 aliphatic rings. The number of nitrogens with one attached hydrogen (secondary N) is 1. The molecule has 0 atom stereocenters. The van der Waals surface area contributed by atoms with Crippen LogP contribution in [-0.2, 0) is 0 Å². The summed E-state index contributed by atoms with van der Waals surface area (Å²) in [5.74, 6) is -0.584. The molecule has 1 rings (SSSR count). The van der Waals surface area contributed by atoms with Gasteiger partial charge in [-0.1, -0.05) is 0 Å². The molecule has 0 radical (unpaired) electrons. The van der Waals surface area contributed by atoms with Gasteiger partial charge in [0.2, 0.25) is 0 Å². The lowest BCUT2D eigenvalue weighted by Gasteiger charge is -2.08. The summed E-state index contributed by atoms with van der Waals surface area (Å²) in [6.07, 6.45) is 0. The zero-order chi connectivity index (χ0) is 13.8. The molecule has 1 aromatic rings. The van der Waals surface area contributed by atoms with Gasteiger partial charge >= 0.3 is 5.51 Å². The van der Waals surface area contributed by atoms with Crippen LogP contribution in [0.15, 0.2) is 22.7 Å². The molecule has 0 spiro atoms. The summed E-state index contributed by atoms with van der Waals surface area (Å²) < 4.78 is 37.1. The Morgan fingerprint density at radius 2 is 2.11 bits per heavy atom. The van der Waals surface area contributed by atoms with Gasteiger partial charge in [0.05, 0.1) is 5.56 Å². The molecule has 0 unspecified atom stereocenters. The highest BCUT2D eigenvalue weighted by Crippen LogP contribution is 2.29. The Labute approximate surface area is 128 Å². The van der Waals surface area contributed by atoms with E-state index in [4.69, 9.17) is 0 Å². The summed E-state index contributed by atoms with van der Waals surface area (Å²) >= 11 is 5.13. The van der Waals surface area contributed by atoms with Crippen LogP contribution in [0.3, 0.4) is 0 Å². The molecule has 1 N–H and O–H groups in total. The summed E-state index contributed by atoms with van der Waals surface area (Å²) in [6.45, 7) is -0.0269. The highest BCUT2D eigenvalue weighted by Gasteiger charge is 2.27. The Hall–Kier alpha value is 0.0400. The molecule has 100 valence electrons. The average Bonchev–Trinajstić information content (AvgIpc) is 2.26. The van der Waals surface area contributed by atoms with E-state index in [2.05, 4.69) is 43.8 Å². The lowest BCUT2D eigenvalue weighted by molar-refractivity contribution is -0.0327. The minimum absolute atomic E-state index is 0.0269. The number of benzene rings is 1. The molecule has 1 amide bonds. The number of rotatable bonds is 4. The Morgan fingerprint density at radius 3 is 2.72 bits per heavy atom. The first-order valence-corrected chi connectivity index (χ1v) is 7.59. The maximum Gasteiger partial charge on any atom is 0.441 e. The van der Waals surface area contributed by atoms with Crippen molar-refractivity contribution in [1.29, 1.82) is 0 Å². The van der Waals surface area contributed by atoms with Gasteiger partial charge in [-0.2, -0.15) is 13.2 Å². The first-order chi connectivity index (χ1) is 8.29. The van der Waals surface area contributed by atoms with Gasteiger partial charge in [-0.3, -0.25) is 4.79 Å². The largest absolute Gasteiger partial charge is 0.441 e. The van der Waals surface area contributed by atoms with Crippen LogP contribution in [-0.4, -0.2) is 23.7 Å². The first-order valence-electron chi connectivity index (χ1n) is 4.73. The number of alkyl halides is 3. The molecule has 0 aliphatic heterocycles. The van der Waals surface area contributed by atoms with Gasteiger partial charge < -0.3 is 5.32 Å². The van der Waals surface area contributed by atoms with Crippen molar-refractivity contribution in [3.63, 3.8) is 0 Å². The second-order valence-corrected chi connectivity index (χ2v) is 6.43. The number of amides is 1. The molecule has 0 saturated carbocycles. The zero-order valence-corrected chi connectivity index (χ0v) is 13.4. The van der Waals surface area contributed by atoms with E-state index < -0.39 is 5.51 Å². The summed E-state index contributed by atoms with van der Waals surface area (Å²) in [7, 11) is 0. The topological polar surface area (TPSA) is 29.1 Å². The van der Waals surface area contributed by atoms with Crippen molar-refractivity contribution in [2.24, 2.45) is 0 Å². The quantitative estimate of drug-likeness (QED) is 0.550. The van der Waals surface area contributed by atoms with Crippen LogP contribution >= 0.6 is 50.3 Å². The van der Waals surface area contributed by atoms with E-state index in [0.29, 0.717) is 10.0 Å². The highest BCUT2D eigenvalue weighted by molar-refractivity contribution is 14.1. The standard InChI is InChI=1S/C10H8BrF3INOS/c11-8-2-1-6(15)5-7(8)9(17)16-3-4-18-10(12,13)14/h1-2,5H,3-4H2,(H,16,17). The normalized spacial score (nSPS) is 11.4. The van der Waals surface area contributed by atoms with E-state index in [0.717, 1.165) is 3.57 Å². The summed E-state index contributed by atoms with van der Waals surface area (Å²) in [6, 6.07) is 5.21. The van der Waals surface area contributed by atoms with E-state index in [-0.39, 0.29) is 30.0 Å². The lowest BCUT2D eigenvalue weighted by Crippen LogP contribution is -2.26. The Balaban J connectivity index is 2.48. The third kappa shape index (κ3) is 5.79. The molecule has 0 aliphatic carbocycles. The van der Waals surface area contributed by atoms with Crippen molar-refractivity contribution in [3.05, 3.63) is 31.8 Å². The number of halogens is 5. The number of hydrogen-bond donors (Lipinski definition) is 1. The van der Waals surface area contributed by atoms with Crippen LogP contribution in [0.5, 0.6) is 0 Å². The smallest absolute Gasteiger partial charge is 0.351 e. The van der Waals surface area contributed by atoms with Crippen molar-refractivity contribution in [2.75, 3.05) is 12.3 Å². The molecule has 1 aromatic carbocycles. The Kier molecular flexibility index (Phi) is 6.25. The summed E-state index contributed by atoms with van der Waals surface area (Å²) in [4.78, 5) is 11.7. The molecule has 0 aromatic heterocycles. The second-order valence-electron chi connectivity index (χ2n) is 3.17. The van der Waals surface area contributed by atoms with Crippen LogP contribution < -0.4 is 5.32 Å². The van der Waals surface area contributed by atoms with E-state index in [1.807, 2.05) is 6.07 Å². The number of thioether (sulfide) groups is 1. The molecule has 0 fully saturated rings. The molecular formula is C10H8BrF3INOS. The number of carbonyl (C=O) groups is 1. The SMILES string of the molecule is O=C(NCCSC(F)(F)F)c1cc(I)ccc1Br. The fourth-order valence-electron chi connectivity index (χ4n) is 1.10. The molecule has 0 saturated heterocycles. The van der Waals surface area contributed by atoms with Gasteiger partial charge in [0.15, 0.2) is 0 Å². The maximum absolute atomic E-state index is 11.9. The van der Waals surface area contributed by atoms with Crippen molar-refractivity contribution >= 4 is 56.2 Å². The molecule has 18 heavy (non-hydrogen) atoms. The van der Waals surface area contributed by atoms with Crippen molar-refractivity contribution in [2.45, 2.75) is 5.51 Å². The third-order valence-electron chi connectivity index (χ3n) is 1.83. The van der Waals surface area contributed by atoms with Gasteiger partial charge in [0, 0.05) is 20.3 Å². The monoisotopic (exact) mass is 453 g/mol. The Bertz CT molecular complexity index is 442. The third-order valence-corrected chi connectivity index (χ3v) is 3.92. The van der Waals surface area contributed by atoms with E-state index >= 15 is 0 Å². The minimum Gasteiger partial charge on any atom is -0.351 e. The van der Waals surface area contributed by atoms with E-state index in [1.165, 1.54) is 0 Å².